The van der Waals surface area contributed by atoms with Gasteiger partial charge >= 0.3 is 0 Å². The number of carbonyl (C=O) groups is 2. The van der Waals surface area contributed by atoms with E-state index < -0.39 is 0 Å². The normalized spacial score (nSPS) is 14.8. The molecule has 0 bridgehead atoms. The van der Waals surface area contributed by atoms with E-state index in [0.717, 1.165) is 39.3 Å². The maximum absolute atomic E-state index is 12.2. The van der Waals surface area contributed by atoms with E-state index in [-0.39, 0.29) is 17.6 Å². The van der Waals surface area contributed by atoms with Crippen LogP contribution >= 0.6 is 0 Å². The van der Waals surface area contributed by atoms with E-state index in [0.29, 0.717) is 17.8 Å². The number of carbonyl (C=O) groups excluding carboxylic acids is 2. The molecule has 2 N–H and O–H groups in total. The van der Waals surface area contributed by atoms with Crippen molar-refractivity contribution in [2.45, 2.75) is 6.42 Å². The van der Waals surface area contributed by atoms with Gasteiger partial charge in [0, 0.05) is 30.9 Å². The third kappa shape index (κ3) is 5.18. The van der Waals surface area contributed by atoms with E-state index in [2.05, 4.69) is 15.5 Å². The highest BCUT2D eigenvalue weighted by molar-refractivity contribution is 6.02. The molecule has 1 saturated heterocycles. The van der Waals surface area contributed by atoms with Crippen molar-refractivity contribution in [3.8, 4) is 0 Å². The molecule has 1 fully saturated rings. The van der Waals surface area contributed by atoms with Gasteiger partial charge in [-0.15, -0.1) is 0 Å². The minimum atomic E-state index is -0.324. The maximum Gasteiger partial charge on any atom is 0.291 e. The van der Waals surface area contributed by atoms with Crippen LogP contribution in [0.2, 0.25) is 0 Å². The number of rotatable bonds is 7. The van der Waals surface area contributed by atoms with E-state index >= 15 is 0 Å². The molecular formula is C19H23N3O4. The lowest BCUT2D eigenvalue weighted by molar-refractivity contribution is 0.0374. The van der Waals surface area contributed by atoms with Crippen LogP contribution < -0.4 is 10.6 Å². The Morgan fingerprint density at radius 3 is 2.50 bits per heavy atom. The number of morpholine rings is 1. The summed E-state index contributed by atoms with van der Waals surface area (Å²) in [6.07, 6.45) is 2.35. The molecule has 1 aromatic heterocycles. The molecule has 138 valence electrons. The average molecular weight is 357 g/mol. The van der Waals surface area contributed by atoms with Crippen LogP contribution in [0, 0.1) is 0 Å². The van der Waals surface area contributed by atoms with Crippen LogP contribution in [-0.2, 0) is 4.74 Å². The summed E-state index contributed by atoms with van der Waals surface area (Å²) in [6.45, 7) is 5.08. The Labute approximate surface area is 152 Å². The molecule has 1 aliphatic rings. The highest BCUT2D eigenvalue weighted by atomic mass is 16.5. The molecule has 3 rings (SSSR count). The van der Waals surface area contributed by atoms with Crippen LogP contribution in [0.15, 0.2) is 47.1 Å². The van der Waals surface area contributed by atoms with E-state index in [1.165, 1.54) is 6.26 Å². The van der Waals surface area contributed by atoms with E-state index in [1.54, 1.807) is 36.4 Å². The molecule has 2 amide bonds. The zero-order valence-electron chi connectivity index (χ0n) is 14.6. The number of hydrogen-bond donors (Lipinski definition) is 2. The van der Waals surface area contributed by atoms with Gasteiger partial charge in [-0.3, -0.25) is 14.5 Å². The molecule has 26 heavy (non-hydrogen) atoms. The van der Waals surface area contributed by atoms with Crippen molar-refractivity contribution in [3.05, 3.63) is 54.0 Å². The summed E-state index contributed by atoms with van der Waals surface area (Å²) in [6, 6.07) is 10.0. The minimum Gasteiger partial charge on any atom is -0.459 e. The monoisotopic (exact) mass is 357 g/mol. The van der Waals surface area contributed by atoms with Gasteiger partial charge in [0.25, 0.3) is 11.8 Å². The summed E-state index contributed by atoms with van der Waals surface area (Å²) in [7, 11) is 0. The van der Waals surface area contributed by atoms with E-state index in [9.17, 15) is 9.59 Å². The first-order valence-electron chi connectivity index (χ1n) is 8.75. The van der Waals surface area contributed by atoms with Gasteiger partial charge in [-0.1, -0.05) is 0 Å². The van der Waals surface area contributed by atoms with Crippen LogP contribution in [-0.4, -0.2) is 56.1 Å². The quantitative estimate of drug-likeness (QED) is 0.741. The third-order valence-corrected chi connectivity index (χ3v) is 4.19. The lowest BCUT2D eigenvalue weighted by Crippen LogP contribution is -2.38. The molecule has 0 unspecified atom stereocenters. The lowest BCUT2D eigenvalue weighted by Gasteiger charge is -2.26. The van der Waals surface area contributed by atoms with Crippen molar-refractivity contribution in [1.29, 1.82) is 0 Å². The molecule has 1 aromatic carbocycles. The van der Waals surface area contributed by atoms with Crippen molar-refractivity contribution in [3.63, 3.8) is 0 Å². The van der Waals surface area contributed by atoms with Gasteiger partial charge in [0.2, 0.25) is 0 Å². The van der Waals surface area contributed by atoms with Crippen molar-refractivity contribution in [2.24, 2.45) is 0 Å². The van der Waals surface area contributed by atoms with Gasteiger partial charge in [0.1, 0.15) is 0 Å². The minimum absolute atomic E-state index is 0.115. The summed E-state index contributed by atoms with van der Waals surface area (Å²) < 4.78 is 10.4. The molecule has 7 nitrogen and oxygen atoms in total. The highest BCUT2D eigenvalue weighted by Crippen LogP contribution is 2.12. The van der Waals surface area contributed by atoms with Gasteiger partial charge in [0.05, 0.1) is 19.5 Å². The SMILES string of the molecule is O=C(NCCCN1CCOCC1)c1ccc(NC(=O)c2ccco2)cc1. The molecule has 0 radical (unpaired) electrons. The summed E-state index contributed by atoms with van der Waals surface area (Å²) in [5.74, 6) is -0.196. The molecule has 7 heteroatoms. The van der Waals surface area contributed by atoms with Crippen molar-refractivity contribution in [2.75, 3.05) is 44.7 Å². The van der Waals surface area contributed by atoms with Crippen LogP contribution in [0.4, 0.5) is 5.69 Å². The standard InChI is InChI=1S/C19H23N3O4/c23-18(20-8-2-9-22-10-13-25-14-11-22)15-4-6-16(7-5-15)21-19(24)17-3-1-12-26-17/h1,3-7,12H,2,8-11,13-14H2,(H,20,23)(H,21,24). The first-order chi connectivity index (χ1) is 12.7. The predicted molar refractivity (Wildman–Crippen MR) is 97.3 cm³/mol. The lowest BCUT2D eigenvalue weighted by atomic mass is 10.2. The highest BCUT2D eigenvalue weighted by Gasteiger charge is 2.11. The predicted octanol–water partition coefficient (Wildman–Crippen LogP) is 1.98. The van der Waals surface area contributed by atoms with E-state index in [1.807, 2.05) is 0 Å². The number of ether oxygens (including phenoxy) is 1. The first kappa shape index (κ1) is 18.2. The number of anilines is 1. The van der Waals surface area contributed by atoms with Crippen LogP contribution in [0.3, 0.4) is 0 Å². The number of amides is 2. The van der Waals surface area contributed by atoms with Crippen molar-refractivity contribution < 1.29 is 18.7 Å². The zero-order valence-corrected chi connectivity index (χ0v) is 14.6. The summed E-state index contributed by atoms with van der Waals surface area (Å²) in [5.41, 5.74) is 1.17. The molecule has 2 heterocycles. The molecule has 0 atom stereocenters. The Kier molecular flexibility index (Phi) is 6.40. The summed E-state index contributed by atoms with van der Waals surface area (Å²) >= 11 is 0. The second-order valence-electron chi connectivity index (χ2n) is 6.07. The number of furan rings is 1. The van der Waals surface area contributed by atoms with Crippen LogP contribution in [0.1, 0.15) is 27.3 Å². The fourth-order valence-electron chi connectivity index (χ4n) is 2.74. The molecule has 0 saturated carbocycles. The topological polar surface area (TPSA) is 83.8 Å². The molecule has 2 aromatic rings. The molecule has 0 spiro atoms. The van der Waals surface area contributed by atoms with E-state index in [4.69, 9.17) is 9.15 Å². The van der Waals surface area contributed by atoms with Crippen LogP contribution in [0.25, 0.3) is 0 Å². The first-order valence-corrected chi connectivity index (χ1v) is 8.75. The fraction of sp³-hybridized carbons (Fsp3) is 0.368. The van der Waals surface area contributed by atoms with Crippen LogP contribution in [0.5, 0.6) is 0 Å². The Balaban J connectivity index is 1.41. The van der Waals surface area contributed by atoms with Gasteiger partial charge in [-0.25, -0.2) is 0 Å². The smallest absolute Gasteiger partial charge is 0.291 e. The Bertz CT molecular complexity index is 707. The van der Waals surface area contributed by atoms with Gasteiger partial charge < -0.3 is 19.8 Å². The van der Waals surface area contributed by atoms with Gasteiger partial charge in [0.15, 0.2) is 5.76 Å². The second kappa shape index (κ2) is 9.17. The number of benzene rings is 1. The molecular weight excluding hydrogens is 334 g/mol. The third-order valence-electron chi connectivity index (χ3n) is 4.19. The maximum atomic E-state index is 12.2. The number of nitrogens with zero attached hydrogens (tertiary/aromatic N) is 1. The Morgan fingerprint density at radius 2 is 1.81 bits per heavy atom. The second-order valence-corrected chi connectivity index (χ2v) is 6.07. The number of hydrogen-bond acceptors (Lipinski definition) is 5. The zero-order chi connectivity index (χ0) is 18.2. The number of nitrogens with one attached hydrogen (secondary N) is 2. The molecule has 0 aliphatic carbocycles. The largest absolute Gasteiger partial charge is 0.459 e. The fourth-order valence-corrected chi connectivity index (χ4v) is 2.74. The Hall–Kier alpha value is -2.64. The van der Waals surface area contributed by atoms with Gasteiger partial charge in [-0.05, 0) is 49.4 Å². The van der Waals surface area contributed by atoms with Crippen molar-refractivity contribution in [1.82, 2.24) is 10.2 Å². The summed E-state index contributed by atoms with van der Waals surface area (Å²) in [4.78, 5) is 26.4. The van der Waals surface area contributed by atoms with Gasteiger partial charge in [-0.2, -0.15) is 0 Å². The summed E-state index contributed by atoms with van der Waals surface area (Å²) in [5, 5.41) is 5.64. The molecule has 1 aliphatic heterocycles. The average Bonchev–Trinajstić information content (AvgIpc) is 3.21. The Morgan fingerprint density at radius 1 is 1.04 bits per heavy atom. The van der Waals surface area contributed by atoms with Crippen molar-refractivity contribution >= 4 is 17.5 Å².